The minimum Gasteiger partial charge on any atom is -0.497 e. The molecule has 3 rings (SSSR count). The van der Waals surface area contributed by atoms with E-state index >= 15 is 0 Å². The van der Waals surface area contributed by atoms with Gasteiger partial charge in [0.05, 0.1) is 7.11 Å². The van der Waals surface area contributed by atoms with Gasteiger partial charge in [-0.2, -0.15) is 0 Å². The molecular formula is C19H17NO4S. The van der Waals surface area contributed by atoms with Gasteiger partial charge in [-0.15, -0.1) is 11.3 Å². The molecule has 25 heavy (non-hydrogen) atoms. The first-order valence-electron chi connectivity index (χ1n) is 7.70. The number of methoxy groups -OCH3 is 1. The van der Waals surface area contributed by atoms with Crippen molar-refractivity contribution in [1.82, 2.24) is 5.32 Å². The van der Waals surface area contributed by atoms with E-state index in [4.69, 9.17) is 9.47 Å². The predicted octanol–water partition coefficient (Wildman–Crippen LogP) is 3.38. The number of esters is 1. The van der Waals surface area contributed by atoms with Gasteiger partial charge in [-0.3, -0.25) is 9.59 Å². The molecule has 128 valence electrons. The summed E-state index contributed by atoms with van der Waals surface area (Å²) in [7, 11) is 1.53. The third-order valence-electron chi connectivity index (χ3n) is 3.68. The molecule has 0 unspecified atom stereocenters. The average molecular weight is 355 g/mol. The van der Waals surface area contributed by atoms with Gasteiger partial charge >= 0.3 is 5.97 Å². The number of benzene rings is 2. The maximum absolute atomic E-state index is 12.1. The quantitative estimate of drug-likeness (QED) is 0.689. The number of carbonyl (C=O) groups excluding carboxylic acids is 2. The van der Waals surface area contributed by atoms with Crippen molar-refractivity contribution in [2.45, 2.75) is 6.61 Å². The molecule has 5 nitrogen and oxygen atoms in total. The fraction of sp³-hybridized carbons (Fsp3) is 0.158. The van der Waals surface area contributed by atoms with E-state index in [2.05, 4.69) is 5.32 Å². The molecule has 6 heteroatoms. The molecule has 0 bridgehead atoms. The monoisotopic (exact) mass is 355 g/mol. The number of thiophene rings is 1. The van der Waals surface area contributed by atoms with Crippen LogP contribution in [-0.4, -0.2) is 25.5 Å². The Labute approximate surface area is 149 Å². The van der Waals surface area contributed by atoms with Crippen molar-refractivity contribution in [2.24, 2.45) is 0 Å². The molecule has 1 heterocycles. The van der Waals surface area contributed by atoms with Gasteiger partial charge in [-0.05, 0) is 35.0 Å². The van der Waals surface area contributed by atoms with E-state index in [1.165, 1.54) is 7.11 Å². The summed E-state index contributed by atoms with van der Waals surface area (Å²) in [6.45, 7) is 0.00991. The highest BCUT2D eigenvalue weighted by Gasteiger charge is 2.11. The summed E-state index contributed by atoms with van der Waals surface area (Å²) in [5, 5.41) is 5.61. The Balaban J connectivity index is 1.51. The Bertz CT molecular complexity index is 903. The molecule has 0 radical (unpaired) electrons. The number of amides is 1. The van der Waals surface area contributed by atoms with E-state index in [1.54, 1.807) is 35.6 Å². The van der Waals surface area contributed by atoms with Crippen molar-refractivity contribution in [2.75, 3.05) is 13.7 Å². The summed E-state index contributed by atoms with van der Waals surface area (Å²) >= 11 is 1.61. The topological polar surface area (TPSA) is 64.6 Å². The Kier molecular flexibility index (Phi) is 5.30. The van der Waals surface area contributed by atoms with Crippen molar-refractivity contribution < 1.29 is 19.1 Å². The van der Waals surface area contributed by atoms with E-state index in [1.807, 2.05) is 29.6 Å². The fourth-order valence-corrected chi connectivity index (χ4v) is 3.32. The van der Waals surface area contributed by atoms with Gasteiger partial charge in [0.1, 0.15) is 18.9 Å². The van der Waals surface area contributed by atoms with Crippen LogP contribution in [-0.2, 0) is 16.1 Å². The molecular weight excluding hydrogens is 338 g/mol. The Morgan fingerprint density at radius 1 is 1.12 bits per heavy atom. The summed E-state index contributed by atoms with van der Waals surface area (Å²) in [5.74, 6) is -0.247. The third kappa shape index (κ3) is 4.16. The molecule has 1 N–H and O–H groups in total. The molecule has 0 aliphatic rings. The number of ether oxygens (including phenoxy) is 2. The number of rotatable bonds is 6. The molecule has 2 aromatic carbocycles. The number of hydrogen-bond acceptors (Lipinski definition) is 5. The molecule has 0 fully saturated rings. The zero-order chi connectivity index (χ0) is 17.6. The first-order valence-corrected chi connectivity index (χ1v) is 8.58. The molecule has 0 saturated heterocycles. The van der Waals surface area contributed by atoms with Gasteiger partial charge in [0.15, 0.2) is 0 Å². The minimum absolute atomic E-state index is 0.182. The SMILES string of the molecule is COc1cccc(C(=O)NCC(=O)OCc2csc3ccccc23)c1. The van der Waals surface area contributed by atoms with Gasteiger partial charge in [0.25, 0.3) is 5.91 Å². The standard InChI is InChI=1S/C19H17NO4S/c1-23-15-6-4-5-13(9-15)19(22)20-10-18(21)24-11-14-12-25-17-8-3-2-7-16(14)17/h2-9,12H,10-11H2,1H3,(H,20,22). The van der Waals surface area contributed by atoms with Crippen LogP contribution in [0.3, 0.4) is 0 Å². The van der Waals surface area contributed by atoms with Crippen molar-refractivity contribution in [3.8, 4) is 5.75 Å². The van der Waals surface area contributed by atoms with Crippen molar-refractivity contribution in [3.05, 3.63) is 65.0 Å². The molecule has 0 aliphatic carbocycles. The number of nitrogens with one attached hydrogen (secondary N) is 1. The van der Waals surface area contributed by atoms with Crippen molar-refractivity contribution in [1.29, 1.82) is 0 Å². The molecule has 1 aromatic heterocycles. The highest BCUT2D eigenvalue weighted by atomic mass is 32.1. The highest BCUT2D eigenvalue weighted by Crippen LogP contribution is 2.26. The Morgan fingerprint density at radius 2 is 1.96 bits per heavy atom. The van der Waals surface area contributed by atoms with Crippen LogP contribution in [0.25, 0.3) is 10.1 Å². The van der Waals surface area contributed by atoms with E-state index in [9.17, 15) is 9.59 Å². The predicted molar refractivity (Wildman–Crippen MR) is 96.9 cm³/mol. The molecule has 3 aromatic rings. The van der Waals surface area contributed by atoms with Crippen LogP contribution >= 0.6 is 11.3 Å². The van der Waals surface area contributed by atoms with Gasteiger partial charge in [-0.25, -0.2) is 0 Å². The minimum atomic E-state index is -0.480. The van der Waals surface area contributed by atoms with Crippen molar-refractivity contribution in [3.63, 3.8) is 0 Å². The molecule has 0 aliphatic heterocycles. The largest absolute Gasteiger partial charge is 0.497 e. The van der Waals surface area contributed by atoms with Gasteiger partial charge in [-0.1, -0.05) is 24.3 Å². The van der Waals surface area contributed by atoms with E-state index in [-0.39, 0.29) is 19.1 Å². The van der Waals surface area contributed by atoms with Crippen LogP contribution in [0.15, 0.2) is 53.9 Å². The molecule has 0 atom stereocenters. The second-order valence-electron chi connectivity index (χ2n) is 5.33. The first kappa shape index (κ1) is 17.0. The smallest absolute Gasteiger partial charge is 0.325 e. The zero-order valence-corrected chi connectivity index (χ0v) is 14.5. The lowest BCUT2D eigenvalue weighted by molar-refractivity contribution is -0.143. The Morgan fingerprint density at radius 3 is 2.80 bits per heavy atom. The summed E-state index contributed by atoms with van der Waals surface area (Å²) in [4.78, 5) is 23.9. The first-order chi connectivity index (χ1) is 12.2. The highest BCUT2D eigenvalue weighted by molar-refractivity contribution is 7.17. The molecule has 0 saturated carbocycles. The van der Waals surface area contributed by atoms with E-state index in [0.717, 1.165) is 15.6 Å². The fourth-order valence-electron chi connectivity index (χ4n) is 2.37. The van der Waals surface area contributed by atoms with Crippen LogP contribution in [0.4, 0.5) is 0 Å². The van der Waals surface area contributed by atoms with E-state index in [0.29, 0.717) is 11.3 Å². The normalized spacial score (nSPS) is 10.4. The zero-order valence-electron chi connectivity index (χ0n) is 13.7. The maximum Gasteiger partial charge on any atom is 0.325 e. The van der Waals surface area contributed by atoms with Crippen LogP contribution < -0.4 is 10.1 Å². The lowest BCUT2D eigenvalue weighted by Crippen LogP contribution is -2.30. The lowest BCUT2D eigenvalue weighted by atomic mass is 10.2. The Hall–Kier alpha value is -2.86. The van der Waals surface area contributed by atoms with Crippen LogP contribution in [0.5, 0.6) is 5.75 Å². The van der Waals surface area contributed by atoms with Crippen LogP contribution in [0.2, 0.25) is 0 Å². The third-order valence-corrected chi connectivity index (χ3v) is 4.69. The number of fused-ring (bicyclic) bond motifs is 1. The number of hydrogen-bond donors (Lipinski definition) is 1. The molecule has 0 spiro atoms. The van der Waals surface area contributed by atoms with Crippen LogP contribution in [0.1, 0.15) is 15.9 Å². The van der Waals surface area contributed by atoms with E-state index < -0.39 is 5.97 Å². The van der Waals surface area contributed by atoms with Gasteiger partial charge in [0.2, 0.25) is 0 Å². The average Bonchev–Trinajstić information content (AvgIpc) is 3.07. The summed E-state index contributed by atoms with van der Waals surface area (Å²) in [6.07, 6.45) is 0. The second kappa shape index (κ2) is 7.81. The summed E-state index contributed by atoms with van der Waals surface area (Å²) in [6, 6.07) is 14.7. The van der Waals surface area contributed by atoms with Gasteiger partial charge < -0.3 is 14.8 Å². The second-order valence-corrected chi connectivity index (χ2v) is 6.24. The summed E-state index contributed by atoms with van der Waals surface area (Å²) in [5.41, 5.74) is 1.39. The van der Waals surface area contributed by atoms with Crippen molar-refractivity contribution >= 4 is 33.3 Å². The maximum atomic E-state index is 12.1. The lowest BCUT2D eigenvalue weighted by Gasteiger charge is -2.07. The number of carbonyl (C=O) groups is 2. The molecule has 1 amide bonds. The van der Waals surface area contributed by atoms with Crippen LogP contribution in [0, 0.1) is 0 Å². The van der Waals surface area contributed by atoms with Gasteiger partial charge in [0, 0.05) is 15.8 Å². The summed E-state index contributed by atoms with van der Waals surface area (Å²) < 4.78 is 11.5.